The van der Waals surface area contributed by atoms with Gasteiger partial charge in [-0.1, -0.05) is 11.6 Å². The molecule has 1 fully saturated rings. The molecule has 0 saturated heterocycles. The van der Waals surface area contributed by atoms with Gasteiger partial charge in [0.05, 0.1) is 6.26 Å². The molecule has 0 unspecified atom stereocenters. The predicted octanol–water partition coefficient (Wildman–Crippen LogP) is 2.07. The highest BCUT2D eigenvalue weighted by molar-refractivity contribution is 5.91. The summed E-state index contributed by atoms with van der Waals surface area (Å²) in [4.78, 5) is 13.3. The third-order valence-electron chi connectivity index (χ3n) is 2.27. The minimum absolute atomic E-state index is 0.0625. The Morgan fingerprint density at radius 2 is 2.43 bits per heavy atom. The van der Waals surface area contributed by atoms with Crippen molar-refractivity contribution in [3.8, 4) is 0 Å². The Hall–Kier alpha value is -1.51. The molecule has 1 amide bonds. The molecule has 1 aromatic heterocycles. The van der Waals surface area contributed by atoms with Gasteiger partial charge in [-0.25, -0.2) is 0 Å². The Labute approximate surface area is 83.0 Å². The Morgan fingerprint density at radius 1 is 1.64 bits per heavy atom. The van der Waals surface area contributed by atoms with E-state index < -0.39 is 0 Å². The van der Waals surface area contributed by atoms with E-state index in [2.05, 4.69) is 6.08 Å². The fraction of sp³-hybridized carbons (Fsp3) is 0.364. The zero-order valence-corrected chi connectivity index (χ0v) is 8.19. The number of likely N-dealkylation sites (N-methyl/N-ethyl adjacent to an activating group) is 1. The molecule has 1 heterocycles. The smallest absolute Gasteiger partial charge is 0.289 e. The minimum Gasteiger partial charge on any atom is -0.459 e. The van der Waals surface area contributed by atoms with Gasteiger partial charge in [0.25, 0.3) is 5.91 Å². The van der Waals surface area contributed by atoms with Crippen LogP contribution in [0, 0.1) is 0 Å². The molecule has 1 aliphatic rings. The summed E-state index contributed by atoms with van der Waals surface area (Å²) in [5.74, 6) is 0.342. The lowest BCUT2D eigenvalue weighted by Gasteiger charge is -2.12. The number of amides is 1. The summed E-state index contributed by atoms with van der Waals surface area (Å²) in [6.07, 6.45) is 6.02. The molecule has 0 aliphatic heterocycles. The van der Waals surface area contributed by atoms with E-state index in [4.69, 9.17) is 4.42 Å². The van der Waals surface area contributed by atoms with Crippen LogP contribution in [0.5, 0.6) is 0 Å². The van der Waals surface area contributed by atoms with Crippen molar-refractivity contribution < 1.29 is 9.21 Å². The molecular weight excluding hydrogens is 178 g/mol. The lowest BCUT2D eigenvalue weighted by Crippen LogP contribution is -2.26. The molecule has 0 N–H and O–H groups in total. The number of allylic oxidation sites excluding steroid dienone is 1. The van der Waals surface area contributed by atoms with E-state index in [0.717, 1.165) is 0 Å². The molecule has 14 heavy (non-hydrogen) atoms. The van der Waals surface area contributed by atoms with Crippen LogP contribution < -0.4 is 0 Å². The summed E-state index contributed by atoms with van der Waals surface area (Å²) in [5.41, 5.74) is 1.45. The zero-order valence-electron chi connectivity index (χ0n) is 8.19. The zero-order chi connectivity index (χ0) is 9.97. The van der Waals surface area contributed by atoms with Crippen LogP contribution in [0.3, 0.4) is 0 Å². The fourth-order valence-corrected chi connectivity index (χ4v) is 1.21. The molecule has 1 saturated carbocycles. The normalized spacial score (nSPS) is 13.9. The number of hydrogen-bond acceptors (Lipinski definition) is 2. The van der Waals surface area contributed by atoms with Crippen LogP contribution in [-0.2, 0) is 0 Å². The number of hydrogen-bond donors (Lipinski definition) is 0. The van der Waals surface area contributed by atoms with E-state index in [1.54, 1.807) is 24.1 Å². The Kier molecular flexibility index (Phi) is 2.39. The first kappa shape index (κ1) is 9.06. The molecule has 74 valence electrons. The Balaban J connectivity index is 1.93. The van der Waals surface area contributed by atoms with Crippen molar-refractivity contribution in [3.05, 3.63) is 35.8 Å². The summed E-state index contributed by atoms with van der Waals surface area (Å²) in [6, 6.07) is 3.41. The largest absolute Gasteiger partial charge is 0.459 e. The van der Waals surface area contributed by atoms with Gasteiger partial charge in [0.15, 0.2) is 5.76 Å². The third kappa shape index (κ3) is 2.05. The molecule has 0 spiro atoms. The topological polar surface area (TPSA) is 33.5 Å². The first-order valence-electron chi connectivity index (χ1n) is 4.74. The van der Waals surface area contributed by atoms with E-state index in [9.17, 15) is 4.79 Å². The van der Waals surface area contributed by atoms with Gasteiger partial charge in [0.2, 0.25) is 0 Å². The second-order valence-corrected chi connectivity index (χ2v) is 3.53. The van der Waals surface area contributed by atoms with Gasteiger partial charge in [-0.2, -0.15) is 0 Å². The maximum absolute atomic E-state index is 11.6. The van der Waals surface area contributed by atoms with Crippen LogP contribution in [0.1, 0.15) is 23.4 Å². The lowest BCUT2D eigenvalue weighted by atomic mass is 10.3. The van der Waals surface area contributed by atoms with Crippen molar-refractivity contribution in [2.75, 3.05) is 13.6 Å². The second kappa shape index (κ2) is 3.70. The number of rotatable bonds is 3. The number of nitrogens with zero attached hydrogens (tertiary/aromatic N) is 1. The first-order valence-corrected chi connectivity index (χ1v) is 4.74. The molecule has 0 radical (unpaired) electrons. The van der Waals surface area contributed by atoms with Crippen molar-refractivity contribution >= 4 is 5.91 Å². The summed E-state index contributed by atoms with van der Waals surface area (Å²) >= 11 is 0. The lowest BCUT2D eigenvalue weighted by molar-refractivity contribution is 0.0779. The van der Waals surface area contributed by atoms with Gasteiger partial charge in [-0.15, -0.1) is 0 Å². The van der Waals surface area contributed by atoms with Crippen molar-refractivity contribution in [3.63, 3.8) is 0 Å². The molecule has 0 bridgehead atoms. The Morgan fingerprint density at radius 3 is 3.00 bits per heavy atom. The molecule has 1 aliphatic carbocycles. The van der Waals surface area contributed by atoms with E-state index in [1.165, 1.54) is 24.7 Å². The number of furan rings is 1. The molecule has 3 nitrogen and oxygen atoms in total. The first-order chi connectivity index (χ1) is 6.77. The SMILES string of the molecule is CN(CC=C1CC1)C(=O)c1ccco1. The molecule has 3 heteroatoms. The number of carbonyl (C=O) groups excluding carboxylic acids is 1. The fourth-order valence-electron chi connectivity index (χ4n) is 1.21. The van der Waals surface area contributed by atoms with E-state index in [0.29, 0.717) is 12.3 Å². The van der Waals surface area contributed by atoms with Gasteiger partial charge < -0.3 is 9.32 Å². The summed E-state index contributed by atoms with van der Waals surface area (Å²) in [6.45, 7) is 0.675. The quantitative estimate of drug-likeness (QED) is 0.685. The van der Waals surface area contributed by atoms with Gasteiger partial charge in [0, 0.05) is 13.6 Å². The van der Waals surface area contributed by atoms with Gasteiger partial charge in [-0.05, 0) is 25.0 Å². The molecular formula is C11H13NO2. The van der Waals surface area contributed by atoms with Gasteiger partial charge >= 0.3 is 0 Å². The average Bonchev–Trinajstić information content (AvgIpc) is 2.86. The minimum atomic E-state index is -0.0625. The van der Waals surface area contributed by atoms with Crippen molar-refractivity contribution in [1.82, 2.24) is 4.90 Å². The average molecular weight is 191 g/mol. The van der Waals surface area contributed by atoms with E-state index >= 15 is 0 Å². The maximum Gasteiger partial charge on any atom is 0.289 e. The van der Waals surface area contributed by atoms with Crippen LogP contribution in [0.2, 0.25) is 0 Å². The molecule has 1 aromatic rings. The van der Waals surface area contributed by atoms with Crippen LogP contribution in [0.4, 0.5) is 0 Å². The van der Waals surface area contributed by atoms with Crippen LogP contribution in [0.25, 0.3) is 0 Å². The van der Waals surface area contributed by atoms with E-state index in [-0.39, 0.29) is 5.91 Å². The third-order valence-corrected chi connectivity index (χ3v) is 2.27. The van der Waals surface area contributed by atoms with Crippen molar-refractivity contribution in [1.29, 1.82) is 0 Å². The number of carbonyl (C=O) groups is 1. The van der Waals surface area contributed by atoms with Crippen molar-refractivity contribution in [2.45, 2.75) is 12.8 Å². The van der Waals surface area contributed by atoms with Gasteiger partial charge in [-0.3, -0.25) is 4.79 Å². The summed E-state index contributed by atoms with van der Waals surface area (Å²) < 4.78 is 5.03. The highest BCUT2D eigenvalue weighted by Crippen LogP contribution is 2.27. The van der Waals surface area contributed by atoms with E-state index in [1.807, 2.05) is 0 Å². The highest BCUT2D eigenvalue weighted by atomic mass is 16.3. The van der Waals surface area contributed by atoms with Crippen LogP contribution in [-0.4, -0.2) is 24.4 Å². The summed E-state index contributed by atoms with van der Waals surface area (Å²) in [7, 11) is 1.78. The molecule has 0 atom stereocenters. The van der Waals surface area contributed by atoms with Crippen LogP contribution >= 0.6 is 0 Å². The molecule has 2 rings (SSSR count). The molecule has 0 aromatic carbocycles. The summed E-state index contributed by atoms with van der Waals surface area (Å²) in [5, 5.41) is 0. The monoisotopic (exact) mass is 191 g/mol. The second-order valence-electron chi connectivity index (χ2n) is 3.53. The van der Waals surface area contributed by atoms with Crippen molar-refractivity contribution in [2.24, 2.45) is 0 Å². The maximum atomic E-state index is 11.6. The highest BCUT2D eigenvalue weighted by Gasteiger charge is 2.15. The van der Waals surface area contributed by atoms with Gasteiger partial charge in [0.1, 0.15) is 0 Å². The van der Waals surface area contributed by atoms with Crippen LogP contribution in [0.15, 0.2) is 34.5 Å². The predicted molar refractivity (Wildman–Crippen MR) is 53.0 cm³/mol. The Bertz CT molecular complexity index is 345. The standard InChI is InChI=1S/C11H13NO2/c1-12(7-6-9-4-5-9)11(13)10-3-2-8-14-10/h2-3,6,8H,4-5,7H2,1H3.